The lowest BCUT2D eigenvalue weighted by Crippen LogP contribution is -2.40. The van der Waals surface area contributed by atoms with Crippen molar-refractivity contribution in [1.82, 2.24) is 5.32 Å². The molecule has 1 aromatic rings. The molecule has 0 aromatic heterocycles. The van der Waals surface area contributed by atoms with Crippen molar-refractivity contribution < 1.29 is 9.90 Å². The third-order valence-corrected chi connectivity index (χ3v) is 4.84. The number of aliphatic carboxylic acids is 1. The number of carboxylic acids is 1. The SMILES string of the molecule is CSC1CCCC(NC(C(=O)O)c2ccccc2)C1. The van der Waals surface area contributed by atoms with Crippen LogP contribution in [-0.4, -0.2) is 28.6 Å². The van der Waals surface area contributed by atoms with Gasteiger partial charge in [0.05, 0.1) is 0 Å². The van der Waals surface area contributed by atoms with Crippen molar-refractivity contribution in [2.45, 2.75) is 43.0 Å². The first-order chi connectivity index (χ1) is 9.20. The van der Waals surface area contributed by atoms with E-state index < -0.39 is 12.0 Å². The largest absolute Gasteiger partial charge is 0.480 e. The Balaban J connectivity index is 2.03. The van der Waals surface area contributed by atoms with Gasteiger partial charge < -0.3 is 5.11 Å². The minimum absolute atomic E-state index is 0.313. The maximum atomic E-state index is 11.5. The zero-order valence-electron chi connectivity index (χ0n) is 11.2. The van der Waals surface area contributed by atoms with Gasteiger partial charge in [0.25, 0.3) is 0 Å². The average Bonchev–Trinajstić information content (AvgIpc) is 2.45. The van der Waals surface area contributed by atoms with Crippen LogP contribution in [0.1, 0.15) is 37.3 Å². The molecule has 0 spiro atoms. The summed E-state index contributed by atoms with van der Waals surface area (Å²) in [4.78, 5) is 11.5. The first-order valence-corrected chi connectivity index (χ1v) is 8.06. The predicted molar refractivity (Wildman–Crippen MR) is 79.5 cm³/mol. The van der Waals surface area contributed by atoms with Crippen LogP contribution in [0.15, 0.2) is 30.3 Å². The molecule has 1 aliphatic rings. The molecule has 0 radical (unpaired) electrons. The molecule has 0 amide bonds. The number of rotatable bonds is 5. The van der Waals surface area contributed by atoms with E-state index in [1.807, 2.05) is 42.1 Å². The van der Waals surface area contributed by atoms with Crippen LogP contribution < -0.4 is 5.32 Å². The second-order valence-electron chi connectivity index (χ2n) is 5.07. The normalized spacial score (nSPS) is 24.9. The van der Waals surface area contributed by atoms with E-state index in [1.165, 1.54) is 12.8 Å². The van der Waals surface area contributed by atoms with Crippen molar-refractivity contribution in [3.05, 3.63) is 35.9 Å². The first-order valence-electron chi connectivity index (χ1n) is 6.77. The maximum absolute atomic E-state index is 11.5. The Kier molecular flexibility index (Phi) is 5.28. The van der Waals surface area contributed by atoms with Gasteiger partial charge in [-0.05, 0) is 31.1 Å². The molecule has 0 bridgehead atoms. The van der Waals surface area contributed by atoms with Crippen LogP contribution in [0.4, 0.5) is 0 Å². The summed E-state index contributed by atoms with van der Waals surface area (Å²) in [6, 6.07) is 9.16. The van der Waals surface area contributed by atoms with E-state index in [4.69, 9.17) is 0 Å². The van der Waals surface area contributed by atoms with Crippen LogP contribution in [0.3, 0.4) is 0 Å². The van der Waals surface area contributed by atoms with Crippen LogP contribution >= 0.6 is 11.8 Å². The second kappa shape index (κ2) is 6.96. The summed E-state index contributed by atoms with van der Waals surface area (Å²) < 4.78 is 0. The smallest absolute Gasteiger partial charge is 0.325 e. The molecule has 2 N–H and O–H groups in total. The molecule has 3 unspecified atom stereocenters. The number of hydrogen-bond acceptors (Lipinski definition) is 3. The molecule has 1 aliphatic carbocycles. The zero-order chi connectivity index (χ0) is 13.7. The van der Waals surface area contributed by atoms with Gasteiger partial charge in [-0.3, -0.25) is 10.1 Å². The van der Waals surface area contributed by atoms with E-state index in [1.54, 1.807) is 0 Å². The highest BCUT2D eigenvalue weighted by Crippen LogP contribution is 2.28. The Hall–Kier alpha value is -1.00. The second-order valence-corrected chi connectivity index (χ2v) is 6.21. The van der Waals surface area contributed by atoms with Gasteiger partial charge in [0, 0.05) is 11.3 Å². The van der Waals surface area contributed by atoms with Crippen LogP contribution in [0.25, 0.3) is 0 Å². The maximum Gasteiger partial charge on any atom is 0.325 e. The third-order valence-electron chi connectivity index (χ3n) is 3.74. The summed E-state index contributed by atoms with van der Waals surface area (Å²) in [7, 11) is 0. The lowest BCUT2D eigenvalue weighted by Gasteiger charge is -2.31. The summed E-state index contributed by atoms with van der Waals surface area (Å²) >= 11 is 1.89. The van der Waals surface area contributed by atoms with Crippen molar-refractivity contribution >= 4 is 17.7 Å². The Morgan fingerprint density at radius 1 is 1.37 bits per heavy atom. The van der Waals surface area contributed by atoms with E-state index in [2.05, 4.69) is 11.6 Å². The van der Waals surface area contributed by atoms with Gasteiger partial charge in [0.15, 0.2) is 0 Å². The Morgan fingerprint density at radius 3 is 2.74 bits per heavy atom. The fourth-order valence-corrected chi connectivity index (χ4v) is 3.53. The van der Waals surface area contributed by atoms with Gasteiger partial charge in [-0.1, -0.05) is 36.8 Å². The Morgan fingerprint density at radius 2 is 2.11 bits per heavy atom. The molecule has 0 aliphatic heterocycles. The highest BCUT2D eigenvalue weighted by molar-refractivity contribution is 7.99. The van der Waals surface area contributed by atoms with Crippen LogP contribution in [0, 0.1) is 0 Å². The van der Waals surface area contributed by atoms with Crippen molar-refractivity contribution in [3.63, 3.8) is 0 Å². The molecular formula is C15H21NO2S. The van der Waals surface area contributed by atoms with Gasteiger partial charge >= 0.3 is 5.97 Å². The molecule has 4 heteroatoms. The van der Waals surface area contributed by atoms with Gasteiger partial charge in [0.2, 0.25) is 0 Å². The number of nitrogens with one attached hydrogen (secondary N) is 1. The van der Waals surface area contributed by atoms with E-state index in [0.29, 0.717) is 11.3 Å². The number of carboxylic acid groups (broad SMARTS) is 1. The third kappa shape index (κ3) is 3.98. The fourth-order valence-electron chi connectivity index (χ4n) is 2.70. The predicted octanol–water partition coefficient (Wildman–Crippen LogP) is 3.08. The van der Waals surface area contributed by atoms with Crippen molar-refractivity contribution in [2.24, 2.45) is 0 Å². The summed E-state index contributed by atoms with van der Waals surface area (Å²) in [5, 5.41) is 13.4. The monoisotopic (exact) mass is 279 g/mol. The highest BCUT2D eigenvalue weighted by Gasteiger charge is 2.27. The molecule has 104 valence electrons. The van der Waals surface area contributed by atoms with Crippen molar-refractivity contribution in [3.8, 4) is 0 Å². The number of benzene rings is 1. The van der Waals surface area contributed by atoms with Gasteiger partial charge in [-0.25, -0.2) is 0 Å². The molecule has 0 saturated heterocycles. The van der Waals surface area contributed by atoms with E-state index >= 15 is 0 Å². The van der Waals surface area contributed by atoms with Crippen molar-refractivity contribution in [1.29, 1.82) is 0 Å². The minimum atomic E-state index is -0.794. The molecule has 2 rings (SSSR count). The van der Waals surface area contributed by atoms with Gasteiger partial charge in [-0.2, -0.15) is 11.8 Å². The van der Waals surface area contributed by atoms with Crippen LogP contribution in [-0.2, 0) is 4.79 Å². The summed E-state index contributed by atoms with van der Waals surface area (Å²) in [5.41, 5.74) is 0.835. The van der Waals surface area contributed by atoms with Gasteiger partial charge in [-0.15, -0.1) is 0 Å². The Bertz CT molecular complexity index is 410. The van der Waals surface area contributed by atoms with Gasteiger partial charge in [0.1, 0.15) is 6.04 Å². The molecule has 1 fully saturated rings. The molecule has 3 atom stereocenters. The molecule has 1 aromatic carbocycles. The lowest BCUT2D eigenvalue weighted by molar-refractivity contribution is -0.140. The van der Waals surface area contributed by atoms with Crippen molar-refractivity contribution in [2.75, 3.05) is 6.26 Å². The summed E-state index contributed by atoms with van der Waals surface area (Å²) in [5.74, 6) is -0.794. The van der Waals surface area contributed by atoms with E-state index in [-0.39, 0.29) is 0 Å². The topological polar surface area (TPSA) is 49.3 Å². The molecule has 19 heavy (non-hydrogen) atoms. The number of hydrogen-bond donors (Lipinski definition) is 2. The standard InChI is InChI=1S/C15H21NO2S/c1-19-13-9-5-8-12(10-13)16-14(15(17)18)11-6-3-2-4-7-11/h2-4,6-7,12-14,16H,5,8-10H2,1H3,(H,17,18). The minimum Gasteiger partial charge on any atom is -0.480 e. The number of carbonyl (C=O) groups is 1. The van der Waals surface area contributed by atoms with E-state index in [0.717, 1.165) is 18.4 Å². The number of thioether (sulfide) groups is 1. The van der Waals surface area contributed by atoms with Crippen LogP contribution in [0.5, 0.6) is 0 Å². The van der Waals surface area contributed by atoms with Crippen LogP contribution in [0.2, 0.25) is 0 Å². The summed E-state index contributed by atoms with van der Waals surface area (Å²) in [6.45, 7) is 0. The average molecular weight is 279 g/mol. The molecular weight excluding hydrogens is 258 g/mol. The zero-order valence-corrected chi connectivity index (χ0v) is 12.0. The highest BCUT2D eigenvalue weighted by atomic mass is 32.2. The quantitative estimate of drug-likeness (QED) is 0.869. The van der Waals surface area contributed by atoms with E-state index in [9.17, 15) is 9.90 Å². The summed E-state index contributed by atoms with van der Waals surface area (Å²) in [6.07, 6.45) is 6.72. The fraction of sp³-hybridized carbons (Fsp3) is 0.533. The lowest BCUT2D eigenvalue weighted by atomic mass is 9.93. The Labute approximate surface area is 118 Å². The first kappa shape index (κ1) is 14.4. The molecule has 1 saturated carbocycles. The molecule has 3 nitrogen and oxygen atoms in total. The molecule has 0 heterocycles.